The summed E-state index contributed by atoms with van der Waals surface area (Å²) in [6, 6.07) is 28.7. The smallest absolute Gasteiger partial charge is 0.320 e. The van der Waals surface area contributed by atoms with Crippen LogP contribution >= 0.6 is 23.5 Å². The van der Waals surface area contributed by atoms with Crippen LogP contribution in [0.3, 0.4) is 0 Å². The number of amides is 2. The highest BCUT2D eigenvalue weighted by Gasteiger charge is 2.26. The van der Waals surface area contributed by atoms with Crippen LogP contribution in [0.15, 0.2) is 107 Å². The van der Waals surface area contributed by atoms with Gasteiger partial charge in [-0.25, -0.2) is 9.48 Å². The van der Waals surface area contributed by atoms with Gasteiger partial charge in [-0.15, -0.1) is 10.2 Å². The third-order valence-electron chi connectivity index (χ3n) is 7.56. The van der Waals surface area contributed by atoms with Crippen LogP contribution in [0, 0.1) is 6.92 Å². The molecule has 46 heavy (non-hydrogen) atoms. The van der Waals surface area contributed by atoms with Crippen molar-refractivity contribution in [3.63, 3.8) is 0 Å². The fourth-order valence-corrected chi connectivity index (χ4v) is 7.02. The van der Waals surface area contributed by atoms with Gasteiger partial charge in [0.1, 0.15) is 11.6 Å². The molecule has 0 fully saturated rings. The number of hydrogen-bond acceptors (Lipinski definition) is 7. The minimum Gasteiger partial charge on any atom is -0.507 e. The molecule has 0 atom stereocenters. The summed E-state index contributed by atoms with van der Waals surface area (Å²) in [5, 5.41) is 30.0. The Bertz CT molecular complexity index is 2020. The molecule has 0 aliphatic rings. The molecule has 0 unspecified atom stereocenters. The molecule has 3 aromatic carbocycles. The summed E-state index contributed by atoms with van der Waals surface area (Å²) < 4.78 is 3.68. The summed E-state index contributed by atoms with van der Waals surface area (Å²) >= 11 is 3.35. The molecule has 0 radical (unpaired) electrons. The van der Waals surface area contributed by atoms with Gasteiger partial charge >= 0.3 is 6.03 Å². The maximum atomic E-state index is 13.3. The van der Waals surface area contributed by atoms with E-state index in [1.54, 1.807) is 40.3 Å². The number of phenols is 1. The minimum absolute atomic E-state index is 0.145. The van der Waals surface area contributed by atoms with Crippen LogP contribution in [0.4, 0.5) is 10.6 Å². The summed E-state index contributed by atoms with van der Waals surface area (Å²) in [6.45, 7) is 6.70. The Hall–Kier alpha value is -4.74. The average Bonchev–Trinajstić information content (AvgIpc) is 3.66. The first kappa shape index (κ1) is 31.3. The summed E-state index contributed by atoms with van der Waals surface area (Å²) in [4.78, 5) is 15.3. The lowest BCUT2D eigenvalue weighted by atomic mass is 9.92. The van der Waals surface area contributed by atoms with Crippen molar-refractivity contribution in [2.45, 2.75) is 42.5 Å². The Kier molecular flexibility index (Phi) is 9.05. The second-order valence-corrected chi connectivity index (χ2v) is 13.6. The number of benzene rings is 3. The fourth-order valence-electron chi connectivity index (χ4n) is 5.18. The molecule has 6 aromatic rings. The van der Waals surface area contributed by atoms with Crippen LogP contribution in [0.25, 0.3) is 22.7 Å². The summed E-state index contributed by atoms with van der Waals surface area (Å²) in [5.41, 5.74) is 5.00. The van der Waals surface area contributed by atoms with Gasteiger partial charge in [0, 0.05) is 39.8 Å². The second kappa shape index (κ2) is 13.3. The number of pyridine rings is 1. The van der Waals surface area contributed by atoms with Crippen molar-refractivity contribution >= 4 is 41.0 Å². The highest BCUT2D eigenvalue weighted by atomic mass is 32.2. The molecule has 3 aromatic heterocycles. The Morgan fingerprint density at radius 1 is 0.957 bits per heavy atom. The normalized spacial score (nSPS) is 11.6. The monoisotopic (exact) mass is 649 g/mol. The number of rotatable bonds is 10. The molecular weight excluding hydrogens is 615 g/mol. The van der Waals surface area contributed by atoms with Gasteiger partial charge in [-0.05, 0) is 66.8 Å². The molecule has 11 heteroatoms. The van der Waals surface area contributed by atoms with E-state index in [0.717, 1.165) is 38.1 Å². The Labute approximate surface area is 276 Å². The zero-order valence-electron chi connectivity index (χ0n) is 26.1. The number of anilines is 1. The lowest BCUT2D eigenvalue weighted by molar-refractivity contribution is 0.251. The van der Waals surface area contributed by atoms with Crippen molar-refractivity contribution in [2.75, 3.05) is 17.3 Å². The van der Waals surface area contributed by atoms with Crippen molar-refractivity contribution in [3.05, 3.63) is 114 Å². The zero-order chi connectivity index (χ0) is 32.3. The number of para-hydroxylation sites is 1. The highest BCUT2D eigenvalue weighted by molar-refractivity contribution is 7.99. The molecule has 0 bridgehead atoms. The number of carbonyl (C=O) groups excluding carboxylic acids is 1. The number of hydrogen-bond donors (Lipinski definition) is 3. The van der Waals surface area contributed by atoms with Gasteiger partial charge in [0.2, 0.25) is 0 Å². The van der Waals surface area contributed by atoms with E-state index < -0.39 is 0 Å². The number of aromatic nitrogens is 5. The van der Waals surface area contributed by atoms with E-state index in [0.29, 0.717) is 29.4 Å². The van der Waals surface area contributed by atoms with Gasteiger partial charge in [0.05, 0.1) is 16.9 Å². The van der Waals surface area contributed by atoms with Gasteiger partial charge in [0.15, 0.2) is 11.5 Å². The molecule has 234 valence electrons. The summed E-state index contributed by atoms with van der Waals surface area (Å²) in [7, 11) is 0. The van der Waals surface area contributed by atoms with Crippen LogP contribution in [0.1, 0.15) is 30.7 Å². The Balaban J connectivity index is 1.20. The van der Waals surface area contributed by atoms with Crippen molar-refractivity contribution in [1.82, 2.24) is 29.7 Å². The molecule has 0 spiro atoms. The van der Waals surface area contributed by atoms with Gasteiger partial charge in [-0.1, -0.05) is 68.1 Å². The fraction of sp³-hybridized carbons (Fsp3) is 0.200. The SMILES string of the molecule is CSCC(C)(C)c1cc(NC(=O)NCc2ccccc2Sc2ccc3nnc(-c4ccccc4O)n3c2)n(-c2cccc(C)c2)n1. The van der Waals surface area contributed by atoms with Crippen molar-refractivity contribution < 1.29 is 9.90 Å². The van der Waals surface area contributed by atoms with E-state index >= 15 is 0 Å². The van der Waals surface area contributed by atoms with E-state index in [2.05, 4.69) is 47.0 Å². The molecule has 6 rings (SSSR count). The number of aromatic hydroxyl groups is 1. The van der Waals surface area contributed by atoms with Crippen LogP contribution in [-0.2, 0) is 12.0 Å². The molecule has 3 N–H and O–H groups in total. The van der Waals surface area contributed by atoms with Gasteiger partial charge < -0.3 is 10.4 Å². The first-order chi connectivity index (χ1) is 22.2. The first-order valence-corrected chi connectivity index (χ1v) is 17.0. The topological polar surface area (TPSA) is 109 Å². The number of aryl methyl sites for hydroxylation is 1. The van der Waals surface area contributed by atoms with E-state index in [4.69, 9.17) is 5.10 Å². The molecule has 9 nitrogen and oxygen atoms in total. The second-order valence-electron chi connectivity index (χ2n) is 11.6. The van der Waals surface area contributed by atoms with Crippen molar-refractivity contribution in [2.24, 2.45) is 0 Å². The maximum Gasteiger partial charge on any atom is 0.320 e. The Morgan fingerprint density at radius 3 is 2.57 bits per heavy atom. The zero-order valence-corrected chi connectivity index (χ0v) is 27.7. The number of carbonyl (C=O) groups is 1. The predicted molar refractivity (Wildman–Crippen MR) is 186 cm³/mol. The van der Waals surface area contributed by atoms with E-state index in [9.17, 15) is 9.90 Å². The average molecular weight is 650 g/mol. The largest absolute Gasteiger partial charge is 0.507 e. The Morgan fingerprint density at radius 2 is 1.76 bits per heavy atom. The molecular formula is C35H35N7O2S2. The van der Waals surface area contributed by atoms with Crippen LogP contribution < -0.4 is 10.6 Å². The first-order valence-electron chi connectivity index (χ1n) is 14.8. The van der Waals surface area contributed by atoms with Gasteiger partial charge in [-0.2, -0.15) is 16.9 Å². The molecule has 2 amide bonds. The number of nitrogens with zero attached hydrogens (tertiary/aromatic N) is 5. The van der Waals surface area contributed by atoms with Gasteiger partial charge in [0.25, 0.3) is 0 Å². The third kappa shape index (κ3) is 6.75. The molecule has 3 heterocycles. The highest BCUT2D eigenvalue weighted by Crippen LogP contribution is 2.33. The number of urea groups is 1. The summed E-state index contributed by atoms with van der Waals surface area (Å²) in [6.07, 6.45) is 4.05. The minimum atomic E-state index is -0.318. The molecule has 0 saturated carbocycles. The lowest BCUT2D eigenvalue weighted by Gasteiger charge is -2.20. The number of fused-ring (bicyclic) bond motifs is 1. The lowest BCUT2D eigenvalue weighted by Crippen LogP contribution is -2.29. The van der Waals surface area contributed by atoms with E-state index in [1.165, 1.54) is 0 Å². The predicted octanol–water partition coefficient (Wildman–Crippen LogP) is 7.71. The van der Waals surface area contributed by atoms with Crippen LogP contribution in [-0.4, -0.2) is 47.5 Å². The van der Waals surface area contributed by atoms with Gasteiger partial charge in [-0.3, -0.25) is 9.72 Å². The van der Waals surface area contributed by atoms with Crippen LogP contribution in [0.2, 0.25) is 0 Å². The number of nitrogens with one attached hydrogen (secondary N) is 2. The third-order valence-corrected chi connectivity index (χ3v) is 9.66. The van der Waals surface area contributed by atoms with E-state index in [1.807, 2.05) is 90.3 Å². The molecule has 0 aliphatic heterocycles. The van der Waals surface area contributed by atoms with Crippen molar-refractivity contribution in [1.29, 1.82) is 0 Å². The molecule has 0 aliphatic carbocycles. The summed E-state index contributed by atoms with van der Waals surface area (Å²) in [5.74, 6) is 2.22. The number of phenolic OH excluding ortho intramolecular Hbond substituents is 1. The van der Waals surface area contributed by atoms with Crippen molar-refractivity contribution in [3.8, 4) is 22.8 Å². The standard InChI is InChI=1S/C35H35N7O2S2/c1-23-10-9-12-25(18-23)42-32(19-30(40-42)35(2,3)22-45-4)37-34(44)36-20-24-11-5-8-15-29(24)46-26-16-17-31-38-39-33(41(31)21-26)27-13-6-7-14-28(27)43/h5-19,21,43H,20,22H2,1-4H3,(H2,36,37,44). The molecule has 0 saturated heterocycles. The van der Waals surface area contributed by atoms with E-state index in [-0.39, 0.29) is 17.2 Å². The maximum absolute atomic E-state index is 13.3. The number of thioether (sulfide) groups is 1. The van der Waals surface area contributed by atoms with Crippen LogP contribution in [0.5, 0.6) is 5.75 Å². The quantitative estimate of drug-likeness (QED) is 0.139.